The topological polar surface area (TPSA) is 76.3 Å². The van der Waals surface area contributed by atoms with E-state index < -0.39 is 0 Å². The Bertz CT molecular complexity index is 978. The van der Waals surface area contributed by atoms with Crippen LogP contribution in [0.5, 0.6) is 0 Å². The minimum absolute atomic E-state index is 0.197. The molecule has 7 heteroatoms. The second-order valence-corrected chi connectivity index (χ2v) is 7.98. The van der Waals surface area contributed by atoms with E-state index in [-0.39, 0.29) is 5.60 Å². The van der Waals surface area contributed by atoms with E-state index in [1.807, 2.05) is 0 Å². The number of nitrogens with zero attached hydrogens (tertiary/aromatic N) is 4. The lowest BCUT2D eigenvalue weighted by Gasteiger charge is -2.30. The largest absolute Gasteiger partial charge is 0.432 e. The van der Waals surface area contributed by atoms with E-state index in [0.29, 0.717) is 17.9 Å². The standard InChI is InChI=1S/C21H29N5O2/c1-5-26(6-2)9-7-8-22-19-18-17(23-13-24-19)15-10-14-12-27-21(3,4)11-16(14)25-20(15)28-18/h10,13H,5-9,11-12H2,1-4H3,(H,22,23,24). The Morgan fingerprint density at radius 2 is 2.04 bits per heavy atom. The van der Waals surface area contributed by atoms with Crippen LogP contribution in [0.25, 0.3) is 22.2 Å². The average molecular weight is 383 g/mol. The first-order valence-corrected chi connectivity index (χ1v) is 10.2. The lowest BCUT2D eigenvalue weighted by Crippen LogP contribution is -2.32. The number of fused-ring (bicyclic) bond motifs is 4. The van der Waals surface area contributed by atoms with Gasteiger partial charge in [0.25, 0.3) is 0 Å². The number of ether oxygens (including phenoxy) is 1. The Hall–Kier alpha value is -2.25. The number of hydrogen-bond donors (Lipinski definition) is 1. The second kappa shape index (κ2) is 7.64. The van der Waals surface area contributed by atoms with Crippen molar-refractivity contribution in [3.05, 3.63) is 23.7 Å². The van der Waals surface area contributed by atoms with Crippen LogP contribution in [0.2, 0.25) is 0 Å². The summed E-state index contributed by atoms with van der Waals surface area (Å²) in [5.74, 6) is 0.733. The molecule has 150 valence electrons. The SMILES string of the molecule is CCN(CC)CCCNc1ncnc2c1oc1nc3c(cc12)COC(C)(C)C3. The van der Waals surface area contributed by atoms with E-state index >= 15 is 0 Å². The van der Waals surface area contributed by atoms with Gasteiger partial charge in [0.2, 0.25) is 5.71 Å². The maximum atomic E-state index is 6.09. The fraction of sp³-hybridized carbons (Fsp3) is 0.571. The number of aromatic nitrogens is 3. The van der Waals surface area contributed by atoms with E-state index in [2.05, 4.69) is 53.9 Å². The molecule has 0 unspecified atom stereocenters. The summed E-state index contributed by atoms with van der Waals surface area (Å²) in [5.41, 5.74) is 4.06. The zero-order valence-corrected chi connectivity index (χ0v) is 17.2. The van der Waals surface area contributed by atoms with Crippen LogP contribution >= 0.6 is 0 Å². The molecular formula is C21H29N5O2. The molecule has 28 heavy (non-hydrogen) atoms. The predicted molar refractivity (Wildman–Crippen MR) is 111 cm³/mol. The van der Waals surface area contributed by atoms with Crippen molar-refractivity contribution in [2.75, 3.05) is 31.5 Å². The number of hydrogen-bond acceptors (Lipinski definition) is 7. The van der Waals surface area contributed by atoms with Crippen molar-refractivity contribution in [1.82, 2.24) is 19.9 Å². The number of nitrogens with one attached hydrogen (secondary N) is 1. The van der Waals surface area contributed by atoms with Crippen LogP contribution in [0.15, 0.2) is 16.8 Å². The summed E-state index contributed by atoms with van der Waals surface area (Å²) in [6, 6.07) is 2.11. The number of anilines is 1. The zero-order valence-electron chi connectivity index (χ0n) is 17.2. The van der Waals surface area contributed by atoms with Crippen LogP contribution in [0.1, 0.15) is 45.4 Å². The maximum absolute atomic E-state index is 6.09. The zero-order chi connectivity index (χ0) is 19.7. The Labute approximate surface area is 165 Å². The van der Waals surface area contributed by atoms with Crippen LogP contribution in [0, 0.1) is 0 Å². The maximum Gasteiger partial charge on any atom is 0.229 e. The molecule has 0 fully saturated rings. The second-order valence-electron chi connectivity index (χ2n) is 7.98. The number of pyridine rings is 1. The molecule has 0 aliphatic carbocycles. The molecular weight excluding hydrogens is 354 g/mol. The third-order valence-electron chi connectivity index (χ3n) is 5.46. The van der Waals surface area contributed by atoms with Crippen molar-refractivity contribution in [2.45, 2.75) is 52.7 Å². The summed E-state index contributed by atoms with van der Waals surface area (Å²) in [7, 11) is 0. The quantitative estimate of drug-likeness (QED) is 0.622. The Kier molecular flexibility index (Phi) is 5.21. The normalized spacial score (nSPS) is 16.0. The molecule has 0 amide bonds. The summed E-state index contributed by atoms with van der Waals surface area (Å²) in [5, 5.41) is 4.33. The van der Waals surface area contributed by atoms with Gasteiger partial charge in [-0.25, -0.2) is 15.0 Å². The van der Waals surface area contributed by atoms with Gasteiger partial charge in [0, 0.05) is 18.5 Å². The van der Waals surface area contributed by atoms with Gasteiger partial charge >= 0.3 is 0 Å². The molecule has 0 bridgehead atoms. The monoisotopic (exact) mass is 383 g/mol. The lowest BCUT2D eigenvalue weighted by molar-refractivity contribution is -0.0411. The first-order valence-electron chi connectivity index (χ1n) is 10.2. The summed E-state index contributed by atoms with van der Waals surface area (Å²) < 4.78 is 12.0. The first-order chi connectivity index (χ1) is 13.5. The molecule has 4 rings (SSSR count). The molecule has 4 heterocycles. The molecule has 1 aliphatic rings. The molecule has 1 N–H and O–H groups in total. The van der Waals surface area contributed by atoms with Crippen molar-refractivity contribution in [3.8, 4) is 0 Å². The summed E-state index contributed by atoms with van der Waals surface area (Å²) >= 11 is 0. The van der Waals surface area contributed by atoms with E-state index in [4.69, 9.17) is 14.1 Å². The van der Waals surface area contributed by atoms with Gasteiger partial charge < -0.3 is 19.4 Å². The van der Waals surface area contributed by atoms with Crippen LogP contribution in [0.4, 0.5) is 5.82 Å². The van der Waals surface area contributed by atoms with Gasteiger partial charge in [-0.2, -0.15) is 0 Å². The average Bonchev–Trinajstić information content (AvgIpc) is 3.04. The fourth-order valence-electron chi connectivity index (χ4n) is 3.76. The first kappa shape index (κ1) is 19.1. The van der Waals surface area contributed by atoms with Crippen molar-refractivity contribution in [3.63, 3.8) is 0 Å². The molecule has 0 aromatic carbocycles. The molecule has 0 atom stereocenters. The van der Waals surface area contributed by atoms with Gasteiger partial charge in [0.05, 0.1) is 23.3 Å². The van der Waals surface area contributed by atoms with Gasteiger partial charge in [0.1, 0.15) is 11.8 Å². The smallest absolute Gasteiger partial charge is 0.229 e. The molecule has 0 spiro atoms. The highest BCUT2D eigenvalue weighted by atomic mass is 16.5. The third kappa shape index (κ3) is 3.69. The predicted octanol–water partition coefficient (Wildman–Crippen LogP) is 3.77. The Balaban J connectivity index is 1.59. The van der Waals surface area contributed by atoms with Crippen LogP contribution in [-0.4, -0.2) is 51.6 Å². The molecule has 3 aromatic heterocycles. The van der Waals surface area contributed by atoms with E-state index in [9.17, 15) is 0 Å². The summed E-state index contributed by atoms with van der Waals surface area (Å²) in [6.07, 6.45) is 3.41. The van der Waals surface area contributed by atoms with Gasteiger partial charge in [-0.3, -0.25) is 0 Å². The van der Waals surface area contributed by atoms with Gasteiger partial charge in [0.15, 0.2) is 11.4 Å². The molecule has 7 nitrogen and oxygen atoms in total. The van der Waals surface area contributed by atoms with E-state index in [1.54, 1.807) is 6.33 Å². The van der Waals surface area contributed by atoms with E-state index in [1.165, 1.54) is 0 Å². The minimum atomic E-state index is -0.197. The van der Waals surface area contributed by atoms with Crippen LogP contribution in [0.3, 0.4) is 0 Å². The molecule has 1 aliphatic heterocycles. The van der Waals surface area contributed by atoms with Crippen LogP contribution < -0.4 is 5.32 Å². The minimum Gasteiger partial charge on any atom is -0.432 e. The summed E-state index contributed by atoms with van der Waals surface area (Å²) in [4.78, 5) is 16.1. The highest BCUT2D eigenvalue weighted by Crippen LogP contribution is 2.34. The van der Waals surface area contributed by atoms with Crippen molar-refractivity contribution >= 4 is 28.0 Å². The van der Waals surface area contributed by atoms with Crippen molar-refractivity contribution in [2.24, 2.45) is 0 Å². The highest BCUT2D eigenvalue weighted by Gasteiger charge is 2.28. The highest BCUT2D eigenvalue weighted by molar-refractivity contribution is 6.04. The van der Waals surface area contributed by atoms with Gasteiger partial charge in [-0.05, 0) is 46.0 Å². The van der Waals surface area contributed by atoms with Gasteiger partial charge in [-0.1, -0.05) is 13.8 Å². The Morgan fingerprint density at radius 3 is 2.82 bits per heavy atom. The van der Waals surface area contributed by atoms with Crippen molar-refractivity contribution < 1.29 is 9.15 Å². The molecule has 0 saturated heterocycles. The number of rotatable bonds is 7. The summed E-state index contributed by atoms with van der Waals surface area (Å²) in [6.45, 7) is 13.2. The molecule has 0 saturated carbocycles. The van der Waals surface area contributed by atoms with E-state index in [0.717, 1.165) is 67.0 Å². The fourth-order valence-corrected chi connectivity index (χ4v) is 3.76. The van der Waals surface area contributed by atoms with Gasteiger partial charge in [-0.15, -0.1) is 0 Å². The van der Waals surface area contributed by atoms with Crippen molar-refractivity contribution in [1.29, 1.82) is 0 Å². The molecule has 3 aromatic rings. The van der Waals surface area contributed by atoms with Crippen LogP contribution in [-0.2, 0) is 17.8 Å². The third-order valence-corrected chi connectivity index (χ3v) is 5.46. The number of furan rings is 1. The lowest BCUT2D eigenvalue weighted by atomic mass is 9.95. The molecule has 0 radical (unpaired) electrons. The Morgan fingerprint density at radius 1 is 1.21 bits per heavy atom.